The molecule has 1 saturated heterocycles. The molecular weight excluding hydrogens is 379 g/mol. The van der Waals surface area contributed by atoms with Crippen molar-refractivity contribution in [1.29, 1.82) is 0 Å². The fourth-order valence-corrected chi connectivity index (χ4v) is 3.49. The van der Waals surface area contributed by atoms with E-state index in [1.165, 1.54) is 24.3 Å². The zero-order valence-electron chi connectivity index (χ0n) is 15.4. The van der Waals surface area contributed by atoms with Gasteiger partial charge in [0.05, 0.1) is 4.91 Å². The minimum Gasteiger partial charge on any atom is -0.325 e. The highest BCUT2D eigenvalue weighted by molar-refractivity contribution is 8.18. The third-order valence-electron chi connectivity index (χ3n) is 4.23. The van der Waals surface area contributed by atoms with Gasteiger partial charge in [-0.2, -0.15) is 0 Å². The van der Waals surface area contributed by atoms with Gasteiger partial charge in [-0.1, -0.05) is 44.2 Å². The second kappa shape index (κ2) is 8.39. The third kappa shape index (κ3) is 4.48. The molecule has 2 aromatic carbocycles. The molecule has 28 heavy (non-hydrogen) atoms. The van der Waals surface area contributed by atoms with Crippen molar-refractivity contribution >= 4 is 40.6 Å². The van der Waals surface area contributed by atoms with Crippen molar-refractivity contribution in [2.45, 2.75) is 19.8 Å². The van der Waals surface area contributed by atoms with Gasteiger partial charge in [0.1, 0.15) is 12.4 Å². The van der Waals surface area contributed by atoms with Gasteiger partial charge in [-0.15, -0.1) is 0 Å². The number of imide groups is 1. The van der Waals surface area contributed by atoms with Crippen LogP contribution in [-0.4, -0.2) is 28.5 Å². The third-order valence-corrected chi connectivity index (χ3v) is 5.14. The van der Waals surface area contributed by atoms with Crippen LogP contribution in [0, 0.1) is 5.82 Å². The predicted molar refractivity (Wildman–Crippen MR) is 108 cm³/mol. The number of benzene rings is 2. The summed E-state index contributed by atoms with van der Waals surface area (Å²) in [5.41, 5.74) is 1.94. The number of hydrogen-bond donors (Lipinski definition) is 1. The summed E-state index contributed by atoms with van der Waals surface area (Å²) in [5.74, 6) is -1.20. The summed E-state index contributed by atoms with van der Waals surface area (Å²) in [7, 11) is 0. The van der Waals surface area contributed by atoms with Gasteiger partial charge in [0.15, 0.2) is 0 Å². The van der Waals surface area contributed by atoms with Crippen molar-refractivity contribution in [1.82, 2.24) is 4.90 Å². The van der Waals surface area contributed by atoms with E-state index in [4.69, 9.17) is 0 Å². The van der Waals surface area contributed by atoms with Gasteiger partial charge < -0.3 is 5.32 Å². The van der Waals surface area contributed by atoms with Crippen molar-refractivity contribution in [2.24, 2.45) is 0 Å². The molecule has 1 aliphatic heterocycles. The molecule has 0 radical (unpaired) electrons. The highest BCUT2D eigenvalue weighted by Gasteiger charge is 2.36. The van der Waals surface area contributed by atoms with Gasteiger partial charge in [-0.3, -0.25) is 19.3 Å². The predicted octanol–water partition coefficient (Wildman–Crippen LogP) is 4.62. The van der Waals surface area contributed by atoms with Gasteiger partial charge in [0.25, 0.3) is 11.1 Å². The molecule has 0 atom stereocenters. The van der Waals surface area contributed by atoms with Gasteiger partial charge in [-0.05, 0) is 47.5 Å². The number of halogens is 1. The smallest absolute Gasteiger partial charge is 0.294 e. The van der Waals surface area contributed by atoms with E-state index in [0.29, 0.717) is 23.4 Å². The molecular formula is C21H19FN2O3S. The van der Waals surface area contributed by atoms with Gasteiger partial charge in [0.2, 0.25) is 5.91 Å². The molecule has 1 heterocycles. The lowest BCUT2D eigenvalue weighted by atomic mass is 10.0. The molecule has 3 rings (SSSR count). The molecule has 0 spiro atoms. The fraction of sp³-hybridized carbons (Fsp3) is 0.190. The molecule has 1 N–H and O–H groups in total. The second-order valence-corrected chi connectivity index (χ2v) is 7.61. The number of amides is 3. The number of nitrogens with one attached hydrogen (secondary N) is 1. The maximum atomic E-state index is 13.8. The average Bonchev–Trinajstić information content (AvgIpc) is 2.91. The number of carbonyl (C=O) groups is 3. The molecule has 1 fully saturated rings. The number of hydrogen-bond acceptors (Lipinski definition) is 4. The van der Waals surface area contributed by atoms with Crippen molar-refractivity contribution in [3.63, 3.8) is 0 Å². The van der Waals surface area contributed by atoms with Gasteiger partial charge in [0, 0.05) is 11.3 Å². The van der Waals surface area contributed by atoms with E-state index in [0.717, 1.165) is 10.5 Å². The largest absolute Gasteiger partial charge is 0.325 e. The van der Waals surface area contributed by atoms with Crippen LogP contribution in [0.25, 0.3) is 6.08 Å². The first-order chi connectivity index (χ1) is 13.3. The Balaban J connectivity index is 1.67. The molecule has 0 bridgehead atoms. The number of carbonyl (C=O) groups excluding carboxylic acids is 3. The normalized spacial score (nSPS) is 15.6. The molecule has 0 aliphatic carbocycles. The average molecular weight is 398 g/mol. The van der Waals surface area contributed by atoms with Crippen LogP contribution in [0.15, 0.2) is 53.4 Å². The lowest BCUT2D eigenvalue weighted by Gasteiger charge is -2.13. The summed E-state index contributed by atoms with van der Waals surface area (Å²) in [6.45, 7) is 3.75. The molecule has 0 unspecified atom stereocenters. The number of nitrogens with zero attached hydrogens (tertiary/aromatic N) is 1. The monoisotopic (exact) mass is 398 g/mol. The Morgan fingerprint density at radius 1 is 1.14 bits per heavy atom. The van der Waals surface area contributed by atoms with E-state index in [2.05, 4.69) is 19.2 Å². The highest BCUT2D eigenvalue weighted by atomic mass is 32.2. The van der Waals surface area contributed by atoms with Crippen molar-refractivity contribution in [2.75, 3.05) is 11.9 Å². The number of rotatable bonds is 5. The molecule has 7 heteroatoms. The molecule has 5 nitrogen and oxygen atoms in total. The van der Waals surface area contributed by atoms with Gasteiger partial charge in [-0.25, -0.2) is 4.39 Å². The van der Waals surface area contributed by atoms with Crippen molar-refractivity contribution in [3.05, 3.63) is 70.4 Å². The molecule has 2 aromatic rings. The van der Waals surface area contributed by atoms with E-state index in [9.17, 15) is 18.8 Å². The minimum atomic E-state index is -0.608. The zero-order chi connectivity index (χ0) is 20.3. The Labute approximate surface area is 166 Å². The maximum absolute atomic E-state index is 13.8. The van der Waals surface area contributed by atoms with Crippen LogP contribution < -0.4 is 5.32 Å². The Bertz CT molecular complexity index is 954. The first-order valence-corrected chi connectivity index (χ1v) is 9.56. The van der Waals surface area contributed by atoms with Crippen LogP contribution in [0.3, 0.4) is 0 Å². The van der Waals surface area contributed by atoms with Crippen LogP contribution in [0.4, 0.5) is 14.9 Å². The van der Waals surface area contributed by atoms with Crippen LogP contribution in [0.5, 0.6) is 0 Å². The van der Waals surface area contributed by atoms with Crippen molar-refractivity contribution in [3.8, 4) is 0 Å². The Morgan fingerprint density at radius 2 is 1.82 bits per heavy atom. The van der Waals surface area contributed by atoms with E-state index < -0.39 is 29.4 Å². The van der Waals surface area contributed by atoms with Crippen LogP contribution in [-0.2, 0) is 9.59 Å². The summed E-state index contributed by atoms with van der Waals surface area (Å²) in [5, 5.41) is 2.12. The molecule has 144 valence electrons. The number of thioether (sulfide) groups is 1. The summed E-state index contributed by atoms with van der Waals surface area (Å²) in [4.78, 5) is 37.8. The van der Waals surface area contributed by atoms with E-state index in [1.807, 2.05) is 12.1 Å². The fourth-order valence-electron chi connectivity index (χ4n) is 2.67. The summed E-state index contributed by atoms with van der Waals surface area (Å²) >= 11 is 0.691. The Morgan fingerprint density at radius 3 is 2.46 bits per heavy atom. The maximum Gasteiger partial charge on any atom is 0.294 e. The summed E-state index contributed by atoms with van der Waals surface area (Å²) < 4.78 is 13.8. The zero-order valence-corrected chi connectivity index (χ0v) is 16.3. The summed E-state index contributed by atoms with van der Waals surface area (Å²) in [6, 6.07) is 13.3. The quantitative estimate of drug-likeness (QED) is 0.746. The molecule has 0 saturated carbocycles. The van der Waals surface area contributed by atoms with E-state index >= 15 is 0 Å². The lowest BCUT2D eigenvalue weighted by molar-refractivity contribution is -0.127. The van der Waals surface area contributed by atoms with E-state index in [1.54, 1.807) is 18.2 Å². The van der Waals surface area contributed by atoms with Crippen LogP contribution >= 0.6 is 11.8 Å². The SMILES string of the molecule is CC(C)c1ccc(NC(=O)CN2C(=O)S/C(=C/c3ccccc3F)C2=O)cc1. The van der Waals surface area contributed by atoms with Crippen LogP contribution in [0.1, 0.15) is 30.9 Å². The highest BCUT2D eigenvalue weighted by Crippen LogP contribution is 2.32. The lowest BCUT2D eigenvalue weighted by Crippen LogP contribution is -2.36. The minimum absolute atomic E-state index is 0.0872. The van der Waals surface area contributed by atoms with Crippen LogP contribution in [0.2, 0.25) is 0 Å². The van der Waals surface area contributed by atoms with Gasteiger partial charge >= 0.3 is 0 Å². The molecule has 3 amide bonds. The second-order valence-electron chi connectivity index (χ2n) is 6.61. The Hall–Kier alpha value is -2.93. The first kappa shape index (κ1) is 19.8. The first-order valence-electron chi connectivity index (χ1n) is 8.75. The topological polar surface area (TPSA) is 66.5 Å². The standard InChI is InChI=1S/C21H19FN2O3S/c1-13(2)14-7-9-16(10-8-14)23-19(25)12-24-20(26)18(28-21(24)27)11-15-5-3-4-6-17(15)22/h3-11,13H,12H2,1-2H3,(H,23,25)/b18-11+. The van der Waals surface area contributed by atoms with Crippen molar-refractivity contribution < 1.29 is 18.8 Å². The summed E-state index contributed by atoms with van der Waals surface area (Å²) in [6.07, 6.45) is 1.32. The molecule has 0 aromatic heterocycles. The Kier molecular flexibility index (Phi) is 5.94. The number of anilines is 1. The molecule has 1 aliphatic rings. The van der Waals surface area contributed by atoms with E-state index in [-0.39, 0.29) is 10.5 Å².